The van der Waals surface area contributed by atoms with Crippen molar-refractivity contribution in [2.24, 2.45) is 5.41 Å². The van der Waals surface area contributed by atoms with Crippen LogP contribution in [0.3, 0.4) is 0 Å². The van der Waals surface area contributed by atoms with Crippen molar-refractivity contribution in [3.05, 3.63) is 53.9 Å². The van der Waals surface area contributed by atoms with E-state index in [1.54, 1.807) is 6.20 Å². The van der Waals surface area contributed by atoms with Gasteiger partial charge < -0.3 is 14.4 Å². The second-order valence-electron chi connectivity index (χ2n) is 8.52. The maximum absolute atomic E-state index is 13.3. The standard InChI is InChI=1S/C23H27N3O3/c1-17-5-6-20-21(12-17)29-15-19(14-28-20)26-11-8-23(16-26)7-10-25(22(23)27)13-18-4-2-3-9-24-18/h2-6,9,12,19H,7-8,10-11,13-16H2,1H3. The van der Waals surface area contributed by atoms with Crippen molar-refractivity contribution in [2.75, 3.05) is 32.8 Å². The van der Waals surface area contributed by atoms with E-state index < -0.39 is 0 Å². The minimum absolute atomic E-state index is 0.166. The van der Waals surface area contributed by atoms with Gasteiger partial charge in [-0.05, 0) is 56.1 Å². The molecule has 29 heavy (non-hydrogen) atoms. The van der Waals surface area contributed by atoms with Crippen LogP contribution < -0.4 is 9.47 Å². The van der Waals surface area contributed by atoms with E-state index in [0.29, 0.717) is 19.8 Å². The van der Waals surface area contributed by atoms with Crippen LogP contribution in [0.15, 0.2) is 42.6 Å². The Kier molecular flexibility index (Phi) is 4.66. The third-order valence-electron chi connectivity index (χ3n) is 6.54. The maximum atomic E-state index is 13.3. The molecule has 3 aliphatic heterocycles. The van der Waals surface area contributed by atoms with E-state index in [1.165, 1.54) is 0 Å². The van der Waals surface area contributed by atoms with Crippen molar-refractivity contribution < 1.29 is 14.3 Å². The second-order valence-corrected chi connectivity index (χ2v) is 8.52. The highest BCUT2D eigenvalue weighted by molar-refractivity contribution is 5.85. The highest BCUT2D eigenvalue weighted by Gasteiger charge is 2.51. The quantitative estimate of drug-likeness (QED) is 0.803. The van der Waals surface area contributed by atoms with E-state index in [0.717, 1.165) is 55.2 Å². The fourth-order valence-corrected chi connectivity index (χ4v) is 4.80. The Morgan fingerprint density at radius 1 is 1.10 bits per heavy atom. The van der Waals surface area contributed by atoms with E-state index in [1.807, 2.05) is 41.3 Å². The fraction of sp³-hybridized carbons (Fsp3) is 0.478. The molecule has 0 radical (unpaired) electrons. The average Bonchev–Trinajstić information content (AvgIpc) is 3.22. The molecule has 6 heteroatoms. The summed E-state index contributed by atoms with van der Waals surface area (Å²) < 4.78 is 12.1. The number of fused-ring (bicyclic) bond motifs is 1. The Balaban J connectivity index is 1.24. The molecule has 1 aromatic heterocycles. The molecular formula is C23H27N3O3. The molecule has 1 amide bonds. The molecule has 1 spiro atoms. The highest BCUT2D eigenvalue weighted by atomic mass is 16.5. The molecule has 0 aliphatic carbocycles. The molecule has 2 atom stereocenters. The molecule has 3 aliphatic rings. The lowest BCUT2D eigenvalue weighted by Crippen LogP contribution is -2.44. The van der Waals surface area contributed by atoms with Crippen LogP contribution in [0, 0.1) is 12.3 Å². The maximum Gasteiger partial charge on any atom is 0.230 e. The Morgan fingerprint density at radius 3 is 2.76 bits per heavy atom. The van der Waals surface area contributed by atoms with Crippen LogP contribution in [0.2, 0.25) is 0 Å². The largest absolute Gasteiger partial charge is 0.488 e. The molecule has 6 nitrogen and oxygen atoms in total. The summed E-state index contributed by atoms with van der Waals surface area (Å²) in [5.41, 5.74) is 1.85. The Labute approximate surface area is 171 Å². The van der Waals surface area contributed by atoms with Gasteiger partial charge in [0, 0.05) is 19.3 Å². The van der Waals surface area contributed by atoms with E-state index in [4.69, 9.17) is 9.47 Å². The first-order valence-corrected chi connectivity index (χ1v) is 10.4. The third-order valence-corrected chi connectivity index (χ3v) is 6.54. The van der Waals surface area contributed by atoms with Crippen LogP contribution in [-0.4, -0.2) is 59.6 Å². The van der Waals surface area contributed by atoms with Crippen LogP contribution in [0.25, 0.3) is 0 Å². The number of hydrogen-bond acceptors (Lipinski definition) is 5. The number of ether oxygens (including phenoxy) is 2. The molecule has 4 heterocycles. The molecule has 2 saturated heterocycles. The summed E-state index contributed by atoms with van der Waals surface area (Å²) in [7, 11) is 0. The van der Waals surface area contributed by atoms with Crippen LogP contribution in [0.4, 0.5) is 0 Å². The third kappa shape index (κ3) is 3.46. The molecule has 2 unspecified atom stereocenters. The van der Waals surface area contributed by atoms with Gasteiger partial charge in [-0.1, -0.05) is 12.1 Å². The molecule has 0 bridgehead atoms. The van der Waals surface area contributed by atoms with E-state index in [2.05, 4.69) is 16.8 Å². The Hall–Kier alpha value is -2.60. The molecule has 2 fully saturated rings. The summed E-state index contributed by atoms with van der Waals surface area (Å²) in [6.45, 7) is 6.36. The van der Waals surface area contributed by atoms with Gasteiger partial charge in [-0.2, -0.15) is 0 Å². The van der Waals surface area contributed by atoms with E-state index >= 15 is 0 Å². The van der Waals surface area contributed by atoms with Gasteiger partial charge in [-0.15, -0.1) is 0 Å². The summed E-state index contributed by atoms with van der Waals surface area (Å²) in [6, 6.07) is 12.1. The normalized spacial score (nSPS) is 26.9. The number of likely N-dealkylation sites (tertiary alicyclic amines) is 2. The number of amides is 1. The lowest BCUT2D eigenvalue weighted by Gasteiger charge is -2.28. The van der Waals surface area contributed by atoms with Gasteiger partial charge in [0.15, 0.2) is 11.5 Å². The number of benzene rings is 1. The van der Waals surface area contributed by atoms with Crippen LogP contribution in [-0.2, 0) is 11.3 Å². The van der Waals surface area contributed by atoms with Crippen molar-refractivity contribution in [1.82, 2.24) is 14.8 Å². The lowest BCUT2D eigenvalue weighted by molar-refractivity contribution is -0.136. The number of pyridine rings is 1. The molecule has 1 aromatic carbocycles. The summed E-state index contributed by atoms with van der Waals surface area (Å²) in [5, 5.41) is 0. The van der Waals surface area contributed by atoms with Gasteiger partial charge in [0.25, 0.3) is 0 Å². The zero-order valence-electron chi connectivity index (χ0n) is 16.8. The van der Waals surface area contributed by atoms with Gasteiger partial charge in [0.05, 0.1) is 23.7 Å². The fourth-order valence-electron chi connectivity index (χ4n) is 4.80. The first-order chi connectivity index (χ1) is 14.1. The van der Waals surface area contributed by atoms with Gasteiger partial charge >= 0.3 is 0 Å². The summed E-state index contributed by atoms with van der Waals surface area (Å²) in [4.78, 5) is 22.0. The van der Waals surface area contributed by atoms with Crippen molar-refractivity contribution in [3.63, 3.8) is 0 Å². The molecule has 0 N–H and O–H groups in total. The minimum atomic E-state index is -0.259. The number of nitrogens with zero attached hydrogens (tertiary/aromatic N) is 3. The summed E-state index contributed by atoms with van der Waals surface area (Å²) >= 11 is 0. The van der Waals surface area contributed by atoms with Crippen molar-refractivity contribution in [2.45, 2.75) is 32.4 Å². The topological polar surface area (TPSA) is 54.9 Å². The van der Waals surface area contributed by atoms with Crippen LogP contribution in [0.5, 0.6) is 11.5 Å². The van der Waals surface area contributed by atoms with Crippen molar-refractivity contribution in [3.8, 4) is 11.5 Å². The molecule has 152 valence electrons. The molecule has 2 aromatic rings. The smallest absolute Gasteiger partial charge is 0.230 e. The number of hydrogen-bond donors (Lipinski definition) is 0. The number of aryl methyl sites for hydroxylation is 1. The predicted octanol–water partition coefficient (Wildman–Crippen LogP) is 2.65. The number of carbonyl (C=O) groups excluding carboxylic acids is 1. The van der Waals surface area contributed by atoms with Gasteiger partial charge in [0.2, 0.25) is 5.91 Å². The van der Waals surface area contributed by atoms with E-state index in [-0.39, 0.29) is 17.4 Å². The average molecular weight is 393 g/mol. The summed E-state index contributed by atoms with van der Waals surface area (Å²) in [5.74, 6) is 1.91. The van der Waals surface area contributed by atoms with Crippen LogP contribution in [0.1, 0.15) is 24.1 Å². The monoisotopic (exact) mass is 393 g/mol. The van der Waals surface area contributed by atoms with Crippen LogP contribution >= 0.6 is 0 Å². The first kappa shape index (κ1) is 18.4. The van der Waals surface area contributed by atoms with Crippen molar-refractivity contribution in [1.29, 1.82) is 0 Å². The zero-order chi connectivity index (χ0) is 19.8. The highest BCUT2D eigenvalue weighted by Crippen LogP contribution is 2.42. The van der Waals surface area contributed by atoms with Gasteiger partial charge in [0.1, 0.15) is 13.2 Å². The number of carbonyl (C=O) groups is 1. The Morgan fingerprint density at radius 2 is 1.93 bits per heavy atom. The predicted molar refractivity (Wildman–Crippen MR) is 109 cm³/mol. The second kappa shape index (κ2) is 7.34. The SMILES string of the molecule is Cc1ccc2c(c1)OCC(N1CCC3(CCN(Cc4ccccn4)C3=O)C1)CO2. The molecule has 0 saturated carbocycles. The minimum Gasteiger partial charge on any atom is -0.488 e. The summed E-state index contributed by atoms with van der Waals surface area (Å²) in [6.07, 6.45) is 3.62. The van der Waals surface area contributed by atoms with E-state index in [9.17, 15) is 4.79 Å². The van der Waals surface area contributed by atoms with Gasteiger partial charge in [-0.3, -0.25) is 14.7 Å². The van der Waals surface area contributed by atoms with Gasteiger partial charge in [-0.25, -0.2) is 0 Å². The number of rotatable bonds is 3. The molecule has 5 rings (SSSR count). The lowest BCUT2D eigenvalue weighted by atomic mass is 9.85. The zero-order valence-corrected chi connectivity index (χ0v) is 16.8. The Bertz CT molecular complexity index is 903. The molecular weight excluding hydrogens is 366 g/mol. The van der Waals surface area contributed by atoms with Crippen molar-refractivity contribution >= 4 is 5.91 Å². The number of aromatic nitrogens is 1. The first-order valence-electron chi connectivity index (χ1n) is 10.4.